The Bertz CT molecular complexity index is 713. The first-order chi connectivity index (χ1) is 8.90. The fourth-order valence-corrected chi connectivity index (χ4v) is 2.61. The van der Waals surface area contributed by atoms with Gasteiger partial charge in [0.25, 0.3) is 10.0 Å². The maximum atomic E-state index is 12.2. The lowest BCUT2D eigenvalue weighted by Crippen LogP contribution is -2.15. The van der Waals surface area contributed by atoms with Crippen LogP contribution in [0.3, 0.4) is 0 Å². The predicted octanol–water partition coefficient (Wildman–Crippen LogP) is 1.48. The molecular weight excluding hydrogens is 264 g/mol. The number of nitrogens with zero attached hydrogens (tertiary/aromatic N) is 2. The number of aromatic nitrogens is 2. The van der Waals surface area contributed by atoms with Gasteiger partial charge in [0.2, 0.25) is 0 Å². The van der Waals surface area contributed by atoms with Gasteiger partial charge in [0, 0.05) is 5.69 Å². The molecule has 1 aromatic carbocycles. The minimum atomic E-state index is -3.71. The van der Waals surface area contributed by atoms with Gasteiger partial charge < -0.3 is 5.73 Å². The lowest BCUT2D eigenvalue weighted by molar-refractivity contribution is 0.601. The van der Waals surface area contributed by atoms with E-state index in [1.54, 1.807) is 25.3 Å². The second kappa shape index (κ2) is 4.85. The van der Waals surface area contributed by atoms with Crippen LogP contribution in [0, 0.1) is 13.8 Å². The number of benzene rings is 1. The van der Waals surface area contributed by atoms with E-state index < -0.39 is 10.0 Å². The van der Waals surface area contributed by atoms with Crippen molar-refractivity contribution in [3.05, 3.63) is 41.6 Å². The third kappa shape index (κ3) is 2.82. The summed E-state index contributed by atoms with van der Waals surface area (Å²) in [6, 6.07) is 6.06. The number of hydrogen-bond acceptors (Lipinski definition) is 5. The third-order valence-corrected chi connectivity index (χ3v) is 4.09. The Balaban J connectivity index is 2.39. The second-order valence-electron chi connectivity index (χ2n) is 4.18. The van der Waals surface area contributed by atoms with Crippen molar-refractivity contribution in [1.29, 1.82) is 0 Å². The Morgan fingerprint density at radius 3 is 2.68 bits per heavy atom. The van der Waals surface area contributed by atoms with Gasteiger partial charge >= 0.3 is 0 Å². The highest BCUT2D eigenvalue weighted by molar-refractivity contribution is 7.92. The zero-order chi connectivity index (χ0) is 14.0. The molecule has 0 atom stereocenters. The lowest BCUT2D eigenvalue weighted by Gasteiger charge is -2.10. The Hall–Kier alpha value is -2.15. The quantitative estimate of drug-likeness (QED) is 0.829. The van der Waals surface area contributed by atoms with Gasteiger partial charge in [-0.1, -0.05) is 6.07 Å². The van der Waals surface area contributed by atoms with Crippen molar-refractivity contribution in [2.24, 2.45) is 0 Å². The molecule has 0 unspecified atom stereocenters. The summed E-state index contributed by atoms with van der Waals surface area (Å²) < 4.78 is 26.8. The van der Waals surface area contributed by atoms with E-state index >= 15 is 0 Å². The van der Waals surface area contributed by atoms with E-state index in [9.17, 15) is 8.42 Å². The van der Waals surface area contributed by atoms with Gasteiger partial charge in [-0.05, 0) is 43.2 Å². The molecular formula is C12H14N4O2S. The molecule has 19 heavy (non-hydrogen) atoms. The fourth-order valence-electron chi connectivity index (χ4n) is 1.50. The summed E-state index contributed by atoms with van der Waals surface area (Å²) in [4.78, 5) is 0.0928. The molecule has 0 bridgehead atoms. The Morgan fingerprint density at radius 1 is 1.26 bits per heavy atom. The monoisotopic (exact) mass is 278 g/mol. The summed E-state index contributed by atoms with van der Waals surface area (Å²) in [5.74, 6) is 0.224. The second-order valence-corrected chi connectivity index (χ2v) is 5.86. The average Bonchev–Trinajstić information content (AvgIpc) is 2.35. The SMILES string of the molecule is Cc1cnnc(NS(=O)(=O)c2cccc(N)c2)c1C. The summed E-state index contributed by atoms with van der Waals surface area (Å²) in [7, 11) is -3.71. The van der Waals surface area contributed by atoms with Crippen LogP contribution in [0.2, 0.25) is 0 Å². The highest BCUT2D eigenvalue weighted by atomic mass is 32.2. The largest absolute Gasteiger partial charge is 0.399 e. The topological polar surface area (TPSA) is 98.0 Å². The normalized spacial score (nSPS) is 11.3. The molecule has 1 aromatic heterocycles. The molecule has 0 radical (unpaired) electrons. The minimum Gasteiger partial charge on any atom is -0.399 e. The van der Waals surface area contributed by atoms with Crippen LogP contribution in [0.5, 0.6) is 0 Å². The van der Waals surface area contributed by atoms with E-state index in [4.69, 9.17) is 5.73 Å². The number of anilines is 2. The van der Waals surface area contributed by atoms with E-state index in [0.717, 1.165) is 11.1 Å². The summed E-state index contributed by atoms with van der Waals surface area (Å²) in [6.45, 7) is 3.61. The third-order valence-electron chi connectivity index (χ3n) is 2.76. The first-order valence-electron chi connectivity index (χ1n) is 5.57. The molecule has 0 saturated carbocycles. The van der Waals surface area contributed by atoms with Crippen LogP contribution in [0.25, 0.3) is 0 Å². The van der Waals surface area contributed by atoms with Crippen LogP contribution in [0.15, 0.2) is 35.4 Å². The molecule has 3 N–H and O–H groups in total. The molecule has 0 aliphatic rings. The summed E-state index contributed by atoms with van der Waals surface area (Å²) in [5, 5.41) is 7.54. The number of nitrogen functional groups attached to an aromatic ring is 1. The molecule has 0 amide bonds. The summed E-state index contributed by atoms with van der Waals surface area (Å²) in [5.41, 5.74) is 7.57. The van der Waals surface area contributed by atoms with Crippen molar-refractivity contribution in [3.63, 3.8) is 0 Å². The van der Waals surface area contributed by atoms with Crippen molar-refractivity contribution in [2.45, 2.75) is 18.7 Å². The van der Waals surface area contributed by atoms with Gasteiger partial charge in [0.15, 0.2) is 5.82 Å². The predicted molar refractivity (Wildman–Crippen MR) is 73.2 cm³/mol. The van der Waals surface area contributed by atoms with E-state index in [2.05, 4.69) is 14.9 Å². The van der Waals surface area contributed by atoms with Crippen LogP contribution in [-0.2, 0) is 10.0 Å². The number of sulfonamides is 1. The zero-order valence-corrected chi connectivity index (χ0v) is 11.4. The van der Waals surface area contributed by atoms with Crippen molar-refractivity contribution in [2.75, 3.05) is 10.5 Å². The molecule has 7 heteroatoms. The molecule has 0 fully saturated rings. The van der Waals surface area contributed by atoms with Gasteiger partial charge in [-0.2, -0.15) is 5.10 Å². The molecule has 2 rings (SSSR count). The molecule has 0 spiro atoms. The lowest BCUT2D eigenvalue weighted by atomic mass is 10.2. The maximum Gasteiger partial charge on any atom is 0.263 e. The van der Waals surface area contributed by atoms with Gasteiger partial charge in [-0.3, -0.25) is 4.72 Å². The first-order valence-corrected chi connectivity index (χ1v) is 7.06. The van der Waals surface area contributed by atoms with Crippen molar-refractivity contribution < 1.29 is 8.42 Å². The van der Waals surface area contributed by atoms with E-state index in [1.165, 1.54) is 12.1 Å². The Labute approximate surface area is 111 Å². The fraction of sp³-hybridized carbons (Fsp3) is 0.167. The van der Waals surface area contributed by atoms with Crippen molar-refractivity contribution in [3.8, 4) is 0 Å². The Morgan fingerprint density at radius 2 is 2.00 bits per heavy atom. The molecule has 1 heterocycles. The number of aryl methyl sites for hydroxylation is 1. The molecule has 100 valence electrons. The van der Waals surface area contributed by atoms with Crippen LogP contribution in [-0.4, -0.2) is 18.6 Å². The molecule has 0 aliphatic carbocycles. The smallest absolute Gasteiger partial charge is 0.263 e. The van der Waals surface area contributed by atoms with Gasteiger partial charge in [0.05, 0.1) is 11.1 Å². The zero-order valence-electron chi connectivity index (χ0n) is 10.6. The molecule has 6 nitrogen and oxygen atoms in total. The van der Waals surface area contributed by atoms with Crippen LogP contribution in [0.1, 0.15) is 11.1 Å². The van der Waals surface area contributed by atoms with Gasteiger partial charge in [-0.15, -0.1) is 5.10 Å². The van der Waals surface area contributed by atoms with Gasteiger partial charge in [0.1, 0.15) is 0 Å². The van der Waals surface area contributed by atoms with E-state index in [-0.39, 0.29) is 10.7 Å². The van der Waals surface area contributed by atoms with Crippen LogP contribution < -0.4 is 10.5 Å². The van der Waals surface area contributed by atoms with E-state index in [0.29, 0.717) is 5.69 Å². The Kier molecular flexibility index (Phi) is 3.39. The minimum absolute atomic E-state index is 0.0928. The number of nitrogens with one attached hydrogen (secondary N) is 1. The van der Waals surface area contributed by atoms with E-state index in [1.807, 2.05) is 6.92 Å². The highest BCUT2D eigenvalue weighted by Crippen LogP contribution is 2.19. The first kappa shape index (κ1) is 13.3. The molecule has 0 saturated heterocycles. The summed E-state index contributed by atoms with van der Waals surface area (Å²) in [6.07, 6.45) is 1.58. The standard InChI is InChI=1S/C12H14N4O2S/c1-8-7-14-15-12(9(8)2)16-19(17,18)11-5-3-4-10(13)6-11/h3-7H,13H2,1-2H3,(H,15,16). The number of nitrogens with two attached hydrogens (primary N) is 1. The van der Waals surface area contributed by atoms with Crippen molar-refractivity contribution in [1.82, 2.24) is 10.2 Å². The van der Waals surface area contributed by atoms with Crippen LogP contribution in [0.4, 0.5) is 11.5 Å². The molecule has 0 aliphatic heterocycles. The average molecular weight is 278 g/mol. The van der Waals surface area contributed by atoms with Crippen LogP contribution >= 0.6 is 0 Å². The summed E-state index contributed by atoms with van der Waals surface area (Å²) >= 11 is 0. The van der Waals surface area contributed by atoms with Gasteiger partial charge in [-0.25, -0.2) is 8.42 Å². The van der Waals surface area contributed by atoms with Crippen molar-refractivity contribution >= 4 is 21.5 Å². The highest BCUT2D eigenvalue weighted by Gasteiger charge is 2.17. The molecule has 2 aromatic rings. The maximum absolute atomic E-state index is 12.2. The number of rotatable bonds is 3. The number of hydrogen-bond donors (Lipinski definition) is 2.